The second-order valence-electron chi connectivity index (χ2n) is 7.85. The van der Waals surface area contributed by atoms with Gasteiger partial charge in [-0.1, -0.05) is 19.9 Å². The maximum Gasteiger partial charge on any atom is 0.331 e. The van der Waals surface area contributed by atoms with Gasteiger partial charge in [-0.3, -0.25) is 10.1 Å². The Morgan fingerprint density at radius 2 is 1.91 bits per heavy atom. The molecule has 3 amide bonds. The van der Waals surface area contributed by atoms with E-state index < -0.39 is 34.5 Å². The molecular weight excluding hydrogens is 466 g/mol. The van der Waals surface area contributed by atoms with Crippen LogP contribution in [0.2, 0.25) is 0 Å². The Hall–Kier alpha value is -2.96. The number of ether oxygens (including phenoxy) is 3. The van der Waals surface area contributed by atoms with Crippen molar-refractivity contribution in [1.29, 1.82) is 0 Å². The van der Waals surface area contributed by atoms with Gasteiger partial charge in [0.2, 0.25) is 10.0 Å². The molecule has 1 aliphatic rings. The Kier molecular flexibility index (Phi) is 10.5. The molecule has 0 spiro atoms. The summed E-state index contributed by atoms with van der Waals surface area (Å²) in [5.74, 6) is -1.02. The number of morpholine rings is 1. The molecule has 0 bridgehead atoms. The van der Waals surface area contributed by atoms with E-state index in [0.29, 0.717) is 31.2 Å². The van der Waals surface area contributed by atoms with Gasteiger partial charge in [-0.05, 0) is 36.1 Å². The average Bonchev–Trinajstić information content (AvgIpc) is 2.81. The smallest absolute Gasteiger partial charge is 0.331 e. The minimum Gasteiger partial charge on any atom is -0.495 e. The fraction of sp³-hybridized carbons (Fsp3) is 0.500. The molecular formula is C22H31N3O8S. The second kappa shape index (κ2) is 13.1. The Morgan fingerprint density at radius 1 is 1.21 bits per heavy atom. The molecule has 1 fully saturated rings. The molecule has 1 aliphatic heterocycles. The molecule has 1 saturated heterocycles. The number of urea groups is 1. The maximum absolute atomic E-state index is 13.0. The fourth-order valence-electron chi connectivity index (χ4n) is 2.95. The summed E-state index contributed by atoms with van der Waals surface area (Å²) in [5, 5.41) is 4.60. The molecule has 0 aromatic heterocycles. The minimum absolute atomic E-state index is 0.0322. The van der Waals surface area contributed by atoms with Gasteiger partial charge >= 0.3 is 12.0 Å². The summed E-state index contributed by atoms with van der Waals surface area (Å²) in [6.07, 6.45) is 3.18. The zero-order valence-corrected chi connectivity index (χ0v) is 20.4. The summed E-state index contributed by atoms with van der Waals surface area (Å²) in [4.78, 5) is 35.3. The van der Waals surface area contributed by atoms with Gasteiger partial charge in [0.05, 0.1) is 20.3 Å². The van der Waals surface area contributed by atoms with Gasteiger partial charge in [0, 0.05) is 25.7 Å². The highest BCUT2D eigenvalue weighted by Gasteiger charge is 2.29. The van der Waals surface area contributed by atoms with Crippen molar-refractivity contribution in [3.63, 3.8) is 0 Å². The number of amides is 3. The number of rotatable bonds is 10. The van der Waals surface area contributed by atoms with Crippen LogP contribution in [0.4, 0.5) is 4.79 Å². The van der Waals surface area contributed by atoms with E-state index in [-0.39, 0.29) is 23.7 Å². The van der Waals surface area contributed by atoms with Crippen molar-refractivity contribution < 1.29 is 37.0 Å². The Labute approximate surface area is 199 Å². The molecule has 1 heterocycles. The van der Waals surface area contributed by atoms with E-state index in [1.165, 1.54) is 29.6 Å². The predicted octanol–water partition coefficient (Wildman–Crippen LogP) is 1.14. The highest BCUT2D eigenvalue weighted by molar-refractivity contribution is 7.89. The molecule has 1 aromatic rings. The Balaban J connectivity index is 1.94. The standard InChI is InChI=1S/C22H31N3O8S/c1-16(2)8-9-23-22(28)24-20(26)15-33-21(27)7-5-17-4-6-18(31-3)19(14-17)34(29,30)25-10-12-32-13-11-25/h4-7,14,16H,8-13,15H2,1-3H3,(H2,23,24,26,28)/b7-5+. The molecule has 34 heavy (non-hydrogen) atoms. The molecule has 0 radical (unpaired) electrons. The summed E-state index contributed by atoms with van der Waals surface area (Å²) in [7, 11) is -2.45. The third-order valence-electron chi connectivity index (χ3n) is 4.79. The normalized spacial score (nSPS) is 14.7. The van der Waals surface area contributed by atoms with Crippen LogP contribution in [0, 0.1) is 5.92 Å². The maximum atomic E-state index is 13.0. The largest absolute Gasteiger partial charge is 0.495 e. The van der Waals surface area contributed by atoms with Crippen molar-refractivity contribution in [2.45, 2.75) is 25.2 Å². The van der Waals surface area contributed by atoms with Gasteiger partial charge in [-0.25, -0.2) is 18.0 Å². The monoisotopic (exact) mass is 497 g/mol. The fourth-order valence-corrected chi connectivity index (χ4v) is 4.55. The first kappa shape index (κ1) is 27.3. The molecule has 0 aliphatic carbocycles. The molecule has 2 N–H and O–H groups in total. The summed E-state index contributed by atoms with van der Waals surface area (Å²) >= 11 is 0. The first-order valence-corrected chi connectivity index (χ1v) is 12.3. The van der Waals surface area contributed by atoms with Gasteiger partial charge in [-0.2, -0.15) is 4.31 Å². The number of hydrogen-bond acceptors (Lipinski definition) is 8. The molecule has 12 heteroatoms. The van der Waals surface area contributed by atoms with Crippen LogP contribution in [0.1, 0.15) is 25.8 Å². The van der Waals surface area contributed by atoms with Crippen LogP contribution in [0.3, 0.4) is 0 Å². The summed E-state index contributed by atoms with van der Waals surface area (Å²) < 4.78 is 42.6. The topological polar surface area (TPSA) is 140 Å². The first-order valence-electron chi connectivity index (χ1n) is 10.8. The van der Waals surface area contributed by atoms with Crippen molar-refractivity contribution in [2.75, 3.05) is 46.6 Å². The Morgan fingerprint density at radius 3 is 2.56 bits per heavy atom. The number of imide groups is 1. The number of nitrogens with zero attached hydrogens (tertiary/aromatic N) is 1. The number of benzene rings is 1. The minimum atomic E-state index is -3.82. The zero-order valence-electron chi connectivity index (χ0n) is 19.5. The van der Waals surface area contributed by atoms with Gasteiger partial charge in [0.15, 0.2) is 6.61 Å². The third-order valence-corrected chi connectivity index (χ3v) is 6.71. The molecule has 11 nitrogen and oxygen atoms in total. The van der Waals surface area contributed by atoms with Crippen molar-refractivity contribution in [1.82, 2.24) is 14.9 Å². The van der Waals surface area contributed by atoms with Crippen LogP contribution in [-0.4, -0.2) is 77.2 Å². The highest BCUT2D eigenvalue weighted by Crippen LogP contribution is 2.28. The lowest BCUT2D eigenvalue weighted by Gasteiger charge is -2.26. The summed E-state index contributed by atoms with van der Waals surface area (Å²) in [6.45, 7) is 4.87. The highest BCUT2D eigenvalue weighted by atomic mass is 32.2. The van der Waals surface area contributed by atoms with Crippen LogP contribution in [0.5, 0.6) is 5.75 Å². The summed E-state index contributed by atoms with van der Waals surface area (Å²) in [5.41, 5.74) is 0.415. The SMILES string of the molecule is COc1ccc(/C=C/C(=O)OCC(=O)NC(=O)NCCC(C)C)cc1S(=O)(=O)N1CCOCC1. The number of sulfonamides is 1. The predicted molar refractivity (Wildman–Crippen MR) is 124 cm³/mol. The van der Waals surface area contributed by atoms with Crippen LogP contribution in [0.25, 0.3) is 6.08 Å². The van der Waals surface area contributed by atoms with Crippen molar-refractivity contribution in [3.05, 3.63) is 29.8 Å². The van der Waals surface area contributed by atoms with Gasteiger partial charge < -0.3 is 19.5 Å². The molecule has 188 valence electrons. The molecule has 2 rings (SSSR count). The lowest BCUT2D eigenvalue weighted by atomic mass is 10.1. The summed E-state index contributed by atoms with van der Waals surface area (Å²) in [6, 6.07) is 3.80. The van der Waals surface area contributed by atoms with Crippen LogP contribution in [-0.2, 0) is 29.1 Å². The average molecular weight is 498 g/mol. The van der Waals surface area contributed by atoms with Gasteiger partial charge in [-0.15, -0.1) is 0 Å². The molecule has 1 aromatic carbocycles. The van der Waals surface area contributed by atoms with E-state index in [1.807, 2.05) is 13.8 Å². The second-order valence-corrected chi connectivity index (χ2v) is 9.76. The quantitative estimate of drug-likeness (QED) is 0.362. The number of carbonyl (C=O) groups is 3. The number of carbonyl (C=O) groups excluding carboxylic acids is 3. The van der Waals surface area contributed by atoms with E-state index in [2.05, 4.69) is 10.6 Å². The van der Waals surface area contributed by atoms with E-state index in [1.54, 1.807) is 6.07 Å². The van der Waals surface area contributed by atoms with Crippen molar-refractivity contribution in [3.8, 4) is 5.75 Å². The lowest BCUT2D eigenvalue weighted by Crippen LogP contribution is -2.41. The van der Waals surface area contributed by atoms with Crippen LogP contribution < -0.4 is 15.4 Å². The molecule has 0 unspecified atom stereocenters. The van der Waals surface area contributed by atoms with E-state index in [9.17, 15) is 22.8 Å². The first-order chi connectivity index (χ1) is 16.1. The van der Waals surface area contributed by atoms with E-state index in [4.69, 9.17) is 14.2 Å². The third kappa shape index (κ3) is 8.43. The molecule has 0 saturated carbocycles. The molecule has 0 atom stereocenters. The number of methoxy groups -OCH3 is 1. The van der Waals surface area contributed by atoms with Crippen LogP contribution >= 0.6 is 0 Å². The number of hydrogen-bond donors (Lipinski definition) is 2. The van der Waals surface area contributed by atoms with E-state index >= 15 is 0 Å². The van der Waals surface area contributed by atoms with E-state index in [0.717, 1.165) is 12.5 Å². The zero-order chi connectivity index (χ0) is 25.1. The van der Waals surface area contributed by atoms with Gasteiger partial charge in [0.25, 0.3) is 5.91 Å². The van der Waals surface area contributed by atoms with Crippen molar-refractivity contribution in [2.24, 2.45) is 5.92 Å². The van der Waals surface area contributed by atoms with Gasteiger partial charge in [0.1, 0.15) is 10.6 Å². The van der Waals surface area contributed by atoms with Crippen LogP contribution in [0.15, 0.2) is 29.2 Å². The number of nitrogens with one attached hydrogen (secondary N) is 2. The lowest BCUT2D eigenvalue weighted by molar-refractivity contribution is -0.143. The number of esters is 1. The van der Waals surface area contributed by atoms with Crippen molar-refractivity contribution >= 4 is 34.0 Å². The Bertz CT molecular complexity index is 1000.